The van der Waals surface area contributed by atoms with Gasteiger partial charge in [-0.2, -0.15) is 0 Å². The van der Waals surface area contributed by atoms with E-state index in [2.05, 4.69) is 212 Å². The quantitative estimate of drug-likeness (QED) is 0.106. The molecule has 0 aliphatic rings. The van der Waals surface area contributed by atoms with Crippen molar-refractivity contribution in [2.75, 3.05) is 14.2 Å². The van der Waals surface area contributed by atoms with Gasteiger partial charge in [-0.1, -0.05) is 190 Å². The molecule has 0 saturated carbocycles. The molecule has 0 radical (unpaired) electrons. The van der Waals surface area contributed by atoms with Crippen LogP contribution in [0.1, 0.15) is 209 Å². The molecule has 0 aliphatic carbocycles. The summed E-state index contributed by atoms with van der Waals surface area (Å²) in [5, 5.41) is 0. The third kappa shape index (κ3) is 10.9. The summed E-state index contributed by atoms with van der Waals surface area (Å²) in [6, 6.07) is 0. The van der Waals surface area contributed by atoms with Crippen molar-refractivity contribution in [1.82, 2.24) is 0 Å². The van der Waals surface area contributed by atoms with E-state index < -0.39 is 44.2 Å². The van der Waals surface area contributed by atoms with E-state index in [0.29, 0.717) is 88.7 Å². The summed E-state index contributed by atoms with van der Waals surface area (Å²) in [7, 11) is -6.77. The van der Waals surface area contributed by atoms with Crippen molar-refractivity contribution >= 4 is 44.2 Å². The van der Waals surface area contributed by atoms with Crippen LogP contribution in [0.5, 0.6) is 0 Å². The van der Waals surface area contributed by atoms with E-state index >= 15 is 0 Å². The fourth-order valence-electron chi connectivity index (χ4n) is 12.3. The minimum atomic E-state index is -2.39. The fraction of sp³-hybridized carbons (Fsp3) is 0.704. The molecular weight excluding hydrogens is 825 g/mol. The van der Waals surface area contributed by atoms with Crippen molar-refractivity contribution in [3.8, 4) is 45.9 Å². The Hall–Kier alpha value is -2.73. The predicted molar refractivity (Wildman–Crippen MR) is 281 cm³/mol. The van der Waals surface area contributed by atoms with Crippen LogP contribution in [0.4, 0.5) is 0 Å². The monoisotopic (exact) mass is 915 g/mol. The van der Waals surface area contributed by atoms with Gasteiger partial charge in [0.25, 0.3) is 0 Å². The van der Waals surface area contributed by atoms with Gasteiger partial charge < -0.3 is 9.47 Å². The molecule has 0 saturated heterocycles. The molecule has 346 valence electrons. The van der Waals surface area contributed by atoms with Gasteiger partial charge in [-0.15, -0.1) is 22.2 Å². The number of ether oxygens (including phenoxy) is 2. The lowest BCUT2D eigenvalue weighted by Crippen LogP contribution is -2.43. The molecule has 0 N–H and O–H groups in total. The van der Waals surface area contributed by atoms with Crippen LogP contribution in [0, 0.1) is 45.9 Å². The zero-order chi connectivity index (χ0) is 48.6. The Morgan fingerprint density at radius 3 is 0.581 bits per heavy atom. The van der Waals surface area contributed by atoms with E-state index in [1.807, 2.05) is 0 Å². The molecule has 0 aromatic heterocycles. The van der Waals surface area contributed by atoms with Crippen LogP contribution in [0.15, 0.2) is 0 Å². The van der Waals surface area contributed by atoms with E-state index in [4.69, 9.17) is 9.47 Å². The summed E-state index contributed by atoms with van der Waals surface area (Å²) in [6.07, 6.45) is 0. The third-order valence-electron chi connectivity index (χ3n) is 15.4. The van der Waals surface area contributed by atoms with Gasteiger partial charge in [0, 0.05) is 0 Å². The Morgan fingerprint density at radius 2 is 0.452 bits per heavy atom. The standard InChI is InChI=1S/C54H90O4Si4/c1-35(2)59(36(3)4,37(5)6)31-27-47-48(28-32-60(38(7)8,39(9)10)40(11)12)50(30-34-62(44(19)20,45(21)22)46(23)24)52(54(56)58-26)51(53(55)57-25)49(47)29-33-61(41(13)14,42(15)16)43(17)18/h35-46H,1-26H3. The van der Waals surface area contributed by atoms with Crippen LogP contribution >= 0.6 is 0 Å². The van der Waals surface area contributed by atoms with Crippen LogP contribution in [-0.2, 0) is 9.47 Å². The van der Waals surface area contributed by atoms with Crippen LogP contribution in [0.3, 0.4) is 0 Å². The van der Waals surface area contributed by atoms with E-state index in [9.17, 15) is 9.59 Å². The van der Waals surface area contributed by atoms with Crippen molar-refractivity contribution in [2.45, 2.75) is 233 Å². The Balaban J connectivity index is 5.74. The summed E-state index contributed by atoms with van der Waals surface area (Å²) in [5.41, 5.74) is 22.2. The summed E-state index contributed by atoms with van der Waals surface area (Å²) < 4.78 is 11.3. The smallest absolute Gasteiger partial charge is 0.340 e. The molecule has 0 spiro atoms. The van der Waals surface area contributed by atoms with Crippen molar-refractivity contribution in [3.05, 3.63) is 33.4 Å². The first kappa shape index (κ1) is 57.3. The first-order valence-electron chi connectivity index (χ1n) is 24.0. The van der Waals surface area contributed by atoms with Crippen molar-refractivity contribution < 1.29 is 19.1 Å². The molecule has 0 unspecified atom stereocenters. The summed E-state index contributed by atoms with van der Waals surface area (Å²) in [4.78, 5) is 29.3. The van der Waals surface area contributed by atoms with Gasteiger partial charge >= 0.3 is 11.9 Å². The molecule has 1 aromatic rings. The number of esters is 2. The Labute approximate surface area is 387 Å². The number of methoxy groups -OCH3 is 2. The predicted octanol–water partition coefficient (Wildman–Crippen LogP) is 15.5. The highest BCUT2D eigenvalue weighted by Gasteiger charge is 2.46. The van der Waals surface area contributed by atoms with Gasteiger partial charge in [0.15, 0.2) is 0 Å². The maximum absolute atomic E-state index is 14.7. The SMILES string of the molecule is COC(=O)c1c(C#C[Si](C(C)C)(C(C)C)C(C)C)c(C#C[Si](C(C)C)(C(C)C)C(C)C)c(C#C[Si](C(C)C)(C(C)C)C(C)C)c(C#C[Si](C(C)C)(C(C)C)C(C)C)c1C(=O)OC. The minimum absolute atomic E-state index is 0.0853. The number of hydrogen-bond acceptors (Lipinski definition) is 4. The van der Waals surface area contributed by atoms with Gasteiger partial charge in [-0.25, -0.2) is 9.59 Å². The molecule has 8 heteroatoms. The Kier molecular flexibility index (Phi) is 21.2. The molecular formula is C54H90O4Si4. The lowest BCUT2D eigenvalue weighted by molar-refractivity contribution is 0.0554. The highest BCUT2D eigenvalue weighted by Crippen LogP contribution is 2.45. The van der Waals surface area contributed by atoms with E-state index in [0.717, 1.165) is 0 Å². The van der Waals surface area contributed by atoms with Crippen LogP contribution in [-0.4, -0.2) is 58.5 Å². The molecule has 62 heavy (non-hydrogen) atoms. The summed E-state index contributed by atoms with van der Waals surface area (Å²) >= 11 is 0. The Bertz CT molecular complexity index is 1750. The molecule has 0 bridgehead atoms. The van der Waals surface area contributed by atoms with Gasteiger partial charge in [-0.05, 0) is 66.5 Å². The summed E-state index contributed by atoms with van der Waals surface area (Å²) in [5.74, 6) is 13.8. The number of rotatable bonds is 14. The average molecular weight is 916 g/mol. The molecule has 0 amide bonds. The lowest BCUT2D eigenvalue weighted by atomic mass is 9.87. The van der Waals surface area contributed by atoms with Crippen molar-refractivity contribution in [2.24, 2.45) is 0 Å². The third-order valence-corrected chi connectivity index (χ3v) is 40.5. The van der Waals surface area contributed by atoms with Crippen LogP contribution in [0.2, 0.25) is 66.5 Å². The largest absolute Gasteiger partial charge is 0.465 e. The average Bonchev–Trinajstić information content (AvgIpc) is 3.13. The number of hydrogen-bond donors (Lipinski definition) is 0. The second kappa shape index (κ2) is 22.9. The number of benzene rings is 1. The second-order valence-electron chi connectivity index (χ2n) is 21.8. The number of carbonyl (C=O) groups excluding carboxylic acids is 2. The van der Waals surface area contributed by atoms with Gasteiger partial charge in [0.05, 0.1) is 47.6 Å². The first-order chi connectivity index (χ1) is 28.4. The molecule has 0 atom stereocenters. The van der Waals surface area contributed by atoms with Crippen LogP contribution < -0.4 is 0 Å². The topological polar surface area (TPSA) is 52.6 Å². The normalized spacial score (nSPS) is 12.7. The fourth-order valence-corrected chi connectivity index (χ4v) is 33.1. The molecule has 1 rings (SSSR count). The zero-order valence-corrected chi connectivity index (χ0v) is 48.6. The van der Waals surface area contributed by atoms with Gasteiger partial charge in [0.1, 0.15) is 32.3 Å². The van der Waals surface area contributed by atoms with Gasteiger partial charge in [-0.3, -0.25) is 0 Å². The van der Waals surface area contributed by atoms with E-state index in [1.54, 1.807) is 0 Å². The Morgan fingerprint density at radius 1 is 0.306 bits per heavy atom. The highest BCUT2D eigenvalue weighted by molar-refractivity contribution is 6.92. The summed E-state index contributed by atoms with van der Waals surface area (Å²) in [6.45, 7) is 55.2. The van der Waals surface area contributed by atoms with Gasteiger partial charge in [0.2, 0.25) is 0 Å². The molecule has 0 aliphatic heterocycles. The van der Waals surface area contributed by atoms with Crippen molar-refractivity contribution in [3.63, 3.8) is 0 Å². The second-order valence-corrected chi connectivity index (χ2v) is 44.1. The highest BCUT2D eigenvalue weighted by atomic mass is 28.3. The van der Waals surface area contributed by atoms with E-state index in [1.165, 1.54) is 14.2 Å². The number of carbonyl (C=O) groups is 2. The first-order valence-corrected chi connectivity index (χ1v) is 32.9. The lowest BCUT2D eigenvalue weighted by Gasteiger charge is -2.38. The molecule has 0 fully saturated rings. The minimum Gasteiger partial charge on any atom is -0.465 e. The molecule has 4 nitrogen and oxygen atoms in total. The van der Waals surface area contributed by atoms with Crippen molar-refractivity contribution in [1.29, 1.82) is 0 Å². The zero-order valence-electron chi connectivity index (χ0n) is 44.6. The molecule has 0 heterocycles. The maximum atomic E-state index is 14.7. The maximum Gasteiger partial charge on any atom is 0.340 e. The van der Waals surface area contributed by atoms with Crippen LogP contribution in [0.25, 0.3) is 0 Å². The molecule has 1 aromatic carbocycles. The van der Waals surface area contributed by atoms with E-state index in [-0.39, 0.29) is 11.1 Å².